The van der Waals surface area contributed by atoms with Crippen LogP contribution < -0.4 is 0 Å². The van der Waals surface area contributed by atoms with E-state index in [2.05, 4.69) is 187 Å². The van der Waals surface area contributed by atoms with E-state index in [0.29, 0.717) is 17.5 Å². The van der Waals surface area contributed by atoms with Crippen LogP contribution in [0.1, 0.15) is 0 Å². The number of hydrogen-bond donors (Lipinski definition) is 0. The van der Waals surface area contributed by atoms with E-state index in [1.165, 1.54) is 21.9 Å². The fourth-order valence-corrected chi connectivity index (χ4v) is 10.3. The van der Waals surface area contributed by atoms with Gasteiger partial charge in [-0.15, -0.1) is 0 Å². The molecule has 0 bridgehead atoms. The highest BCUT2D eigenvalue weighted by Crippen LogP contribution is 2.47. The van der Waals surface area contributed by atoms with Gasteiger partial charge in [0.05, 0.1) is 22.1 Å². The zero-order chi connectivity index (χ0) is 45.4. The molecule has 0 radical (unpaired) electrons. The van der Waals surface area contributed by atoms with Gasteiger partial charge >= 0.3 is 0 Å². The Bertz CT molecular complexity index is 4290. The maximum absolute atomic E-state index is 6.85. The second-order valence-electron chi connectivity index (χ2n) is 17.5. The lowest BCUT2D eigenvalue weighted by Gasteiger charge is -2.13. The number of hydrogen-bond acceptors (Lipinski definition) is 5. The molecule has 0 N–H and O–H groups in total. The third-order valence-electron chi connectivity index (χ3n) is 13.5. The van der Waals surface area contributed by atoms with Gasteiger partial charge in [0, 0.05) is 43.6 Å². The van der Waals surface area contributed by atoms with Crippen molar-refractivity contribution in [1.29, 1.82) is 0 Å². The van der Waals surface area contributed by atoms with Gasteiger partial charge in [-0.05, 0) is 88.0 Å². The van der Waals surface area contributed by atoms with Crippen LogP contribution in [0.5, 0.6) is 0 Å². The zero-order valence-electron chi connectivity index (χ0n) is 37.0. The fourth-order valence-electron chi connectivity index (χ4n) is 10.3. The van der Waals surface area contributed by atoms with Crippen LogP contribution >= 0.6 is 0 Å². The fraction of sp³-hybridized carbons (Fsp3) is 0. The Morgan fingerprint density at radius 3 is 1.52 bits per heavy atom. The van der Waals surface area contributed by atoms with Crippen LogP contribution in [0.3, 0.4) is 0 Å². The van der Waals surface area contributed by atoms with Gasteiger partial charge in [0.1, 0.15) is 22.3 Å². The molecule has 4 aromatic heterocycles. The first-order chi connectivity index (χ1) is 34.2. The smallest absolute Gasteiger partial charge is 0.164 e. The average Bonchev–Trinajstić information content (AvgIpc) is 4.11. The molecule has 0 aliphatic rings. The summed E-state index contributed by atoms with van der Waals surface area (Å²) in [6, 6.07) is 80.3. The zero-order valence-corrected chi connectivity index (χ0v) is 37.0. The van der Waals surface area contributed by atoms with E-state index >= 15 is 0 Å². The molecule has 0 saturated heterocycles. The number of furan rings is 2. The lowest BCUT2D eigenvalue weighted by molar-refractivity contribution is 0.668. The van der Waals surface area contributed by atoms with Gasteiger partial charge in [-0.2, -0.15) is 0 Å². The summed E-state index contributed by atoms with van der Waals surface area (Å²) in [4.78, 5) is 15.5. The quantitative estimate of drug-likeness (QED) is 0.159. The van der Waals surface area contributed by atoms with Crippen LogP contribution in [0.25, 0.3) is 139 Å². The number of fused-ring (bicyclic) bond motifs is 9. The first kappa shape index (κ1) is 38.8. The monoisotopic (exact) mass is 882 g/mol. The summed E-state index contributed by atoms with van der Waals surface area (Å²) in [5, 5.41) is 6.45. The molecule has 322 valence electrons. The predicted octanol–water partition coefficient (Wildman–Crippen LogP) is 16.8. The van der Waals surface area contributed by atoms with Crippen molar-refractivity contribution in [2.45, 2.75) is 0 Å². The first-order valence-electron chi connectivity index (χ1n) is 23.2. The molecule has 6 heteroatoms. The van der Waals surface area contributed by atoms with Gasteiger partial charge in [0.25, 0.3) is 0 Å². The molecule has 14 rings (SSSR count). The van der Waals surface area contributed by atoms with Crippen molar-refractivity contribution in [3.8, 4) is 73.2 Å². The van der Waals surface area contributed by atoms with Crippen LogP contribution in [0.15, 0.2) is 239 Å². The molecule has 69 heavy (non-hydrogen) atoms. The molecular weight excluding hydrogens is 845 g/mol. The summed E-state index contributed by atoms with van der Waals surface area (Å²) in [5.41, 5.74) is 15.6. The number of nitrogens with zero attached hydrogens (tertiary/aromatic N) is 4. The van der Waals surface area contributed by atoms with Gasteiger partial charge in [0.2, 0.25) is 0 Å². The highest BCUT2D eigenvalue weighted by Gasteiger charge is 2.24. The number of aromatic nitrogens is 4. The Balaban J connectivity index is 1.01. The van der Waals surface area contributed by atoms with E-state index in [4.69, 9.17) is 23.8 Å². The van der Waals surface area contributed by atoms with Gasteiger partial charge in [0.15, 0.2) is 17.5 Å². The standard InChI is InChI=1S/C63H38N4O2/c1-4-16-39(17-5-1)41-30-32-43(33-31-41)62-64-61(42-20-8-3-9-21-42)65-63(66-62)45-37-50(58-48-23-11-13-27-54(48)68-57(58)38-45)47-24-14-28-55-59(47)60-53(26-15-29-56(60)69-55)67-51-25-12-10-22-46(51)49-36-44(34-35-52(49)67)40-18-6-2-7-19-40/h1-38H. The third kappa shape index (κ3) is 6.38. The lowest BCUT2D eigenvalue weighted by atomic mass is 9.93. The van der Waals surface area contributed by atoms with Crippen molar-refractivity contribution >= 4 is 65.7 Å². The molecule has 14 aromatic rings. The van der Waals surface area contributed by atoms with Crippen molar-refractivity contribution in [1.82, 2.24) is 19.5 Å². The molecule has 0 aliphatic heterocycles. The first-order valence-corrected chi connectivity index (χ1v) is 23.2. The normalized spacial score (nSPS) is 11.8. The molecule has 10 aromatic carbocycles. The van der Waals surface area contributed by atoms with E-state index in [-0.39, 0.29) is 0 Å². The molecule has 0 amide bonds. The van der Waals surface area contributed by atoms with Crippen molar-refractivity contribution in [3.05, 3.63) is 231 Å². The van der Waals surface area contributed by atoms with E-state index in [0.717, 1.165) is 99.5 Å². The second kappa shape index (κ2) is 15.6. The minimum Gasteiger partial charge on any atom is -0.456 e. The van der Waals surface area contributed by atoms with E-state index < -0.39 is 0 Å². The van der Waals surface area contributed by atoms with Crippen molar-refractivity contribution in [2.75, 3.05) is 0 Å². The van der Waals surface area contributed by atoms with Crippen LogP contribution in [-0.4, -0.2) is 19.5 Å². The maximum atomic E-state index is 6.85. The van der Waals surface area contributed by atoms with E-state index in [9.17, 15) is 0 Å². The molecule has 0 fully saturated rings. The van der Waals surface area contributed by atoms with Crippen LogP contribution in [0, 0.1) is 0 Å². The largest absolute Gasteiger partial charge is 0.456 e. The molecule has 0 unspecified atom stereocenters. The van der Waals surface area contributed by atoms with Gasteiger partial charge in [-0.25, -0.2) is 15.0 Å². The Kier molecular flexibility index (Phi) is 8.79. The van der Waals surface area contributed by atoms with Gasteiger partial charge < -0.3 is 13.4 Å². The summed E-state index contributed by atoms with van der Waals surface area (Å²) < 4.78 is 16.0. The SMILES string of the molecule is c1ccc(-c2ccc(-c3nc(-c4ccccc4)nc(-c4cc(-c5cccc6oc7cccc(-n8c9ccccc9c9cc(-c%10ccccc%10)ccc98)c7c56)c5c(c4)oc4ccccc45)n3)cc2)cc1. The van der Waals surface area contributed by atoms with Gasteiger partial charge in [-0.1, -0.05) is 176 Å². The Morgan fingerprint density at radius 2 is 0.783 bits per heavy atom. The minimum atomic E-state index is 0.541. The highest BCUT2D eigenvalue weighted by molar-refractivity contribution is 6.22. The Labute approximate surface area is 396 Å². The van der Waals surface area contributed by atoms with Crippen molar-refractivity contribution in [2.24, 2.45) is 0 Å². The summed E-state index contributed by atoms with van der Waals surface area (Å²) in [7, 11) is 0. The molecule has 4 heterocycles. The molecule has 6 nitrogen and oxygen atoms in total. The number of benzene rings is 10. The summed E-state index contributed by atoms with van der Waals surface area (Å²) in [6.07, 6.45) is 0. The molecule has 0 aliphatic carbocycles. The summed E-state index contributed by atoms with van der Waals surface area (Å²) in [5.74, 6) is 1.71. The Morgan fingerprint density at radius 1 is 0.275 bits per heavy atom. The topological polar surface area (TPSA) is 69.9 Å². The number of rotatable bonds is 7. The van der Waals surface area contributed by atoms with Crippen molar-refractivity contribution < 1.29 is 8.83 Å². The lowest BCUT2D eigenvalue weighted by Crippen LogP contribution is -2.00. The van der Waals surface area contributed by atoms with Gasteiger partial charge in [-0.3, -0.25) is 0 Å². The summed E-state index contributed by atoms with van der Waals surface area (Å²) in [6.45, 7) is 0. The average molecular weight is 883 g/mol. The predicted molar refractivity (Wildman–Crippen MR) is 281 cm³/mol. The highest BCUT2D eigenvalue weighted by atomic mass is 16.3. The van der Waals surface area contributed by atoms with Crippen LogP contribution in [0.4, 0.5) is 0 Å². The molecule has 0 atom stereocenters. The third-order valence-corrected chi connectivity index (χ3v) is 13.5. The maximum Gasteiger partial charge on any atom is 0.164 e. The molecule has 0 saturated carbocycles. The van der Waals surface area contributed by atoms with Crippen molar-refractivity contribution in [3.63, 3.8) is 0 Å². The Hall–Kier alpha value is -9.39. The van der Waals surface area contributed by atoms with E-state index in [1.807, 2.05) is 48.5 Å². The minimum absolute atomic E-state index is 0.541. The van der Waals surface area contributed by atoms with Crippen LogP contribution in [-0.2, 0) is 0 Å². The summed E-state index contributed by atoms with van der Waals surface area (Å²) >= 11 is 0. The number of para-hydroxylation sites is 2. The van der Waals surface area contributed by atoms with E-state index in [1.54, 1.807) is 0 Å². The second-order valence-corrected chi connectivity index (χ2v) is 17.5. The van der Waals surface area contributed by atoms with Crippen LogP contribution in [0.2, 0.25) is 0 Å². The molecular formula is C63H38N4O2. The molecule has 0 spiro atoms.